The number of aromatic nitrogens is 1. The molecule has 1 aliphatic rings. The van der Waals surface area contributed by atoms with Crippen LogP contribution in [0, 0.1) is 6.92 Å². The molecule has 0 saturated carbocycles. The van der Waals surface area contributed by atoms with Crippen molar-refractivity contribution in [1.29, 1.82) is 0 Å². The molecule has 0 radical (unpaired) electrons. The molecule has 2 nitrogen and oxygen atoms in total. The third-order valence-electron chi connectivity index (χ3n) is 7.02. The van der Waals surface area contributed by atoms with Crippen molar-refractivity contribution in [2.24, 2.45) is 0 Å². The molecule has 0 bridgehead atoms. The summed E-state index contributed by atoms with van der Waals surface area (Å²) in [5, 5.41) is 3.61. The molecule has 0 amide bonds. The lowest BCUT2D eigenvalue weighted by Crippen LogP contribution is -1.97. The van der Waals surface area contributed by atoms with E-state index >= 15 is 0 Å². The van der Waals surface area contributed by atoms with Crippen LogP contribution in [0.5, 0.6) is 0 Å². The van der Waals surface area contributed by atoms with Crippen LogP contribution in [0.15, 0.2) is 89.3 Å². The van der Waals surface area contributed by atoms with Gasteiger partial charge >= 0.3 is 0 Å². The minimum absolute atomic E-state index is 0.936. The first-order valence-electron chi connectivity index (χ1n) is 11.6. The van der Waals surface area contributed by atoms with Gasteiger partial charge in [-0.15, -0.1) is 0 Å². The molecule has 2 heterocycles. The second-order valence-corrected chi connectivity index (χ2v) is 9.09. The molecule has 158 valence electrons. The lowest BCUT2D eigenvalue weighted by atomic mass is 9.90. The number of nitrogens with one attached hydrogen (secondary N) is 1. The minimum atomic E-state index is 0.936. The van der Waals surface area contributed by atoms with Crippen LogP contribution in [0.2, 0.25) is 0 Å². The Morgan fingerprint density at radius 2 is 1.55 bits per heavy atom. The maximum absolute atomic E-state index is 6.31. The van der Waals surface area contributed by atoms with Gasteiger partial charge < -0.3 is 9.40 Å². The Hall–Kier alpha value is -4.04. The van der Waals surface area contributed by atoms with Gasteiger partial charge in [0.25, 0.3) is 0 Å². The summed E-state index contributed by atoms with van der Waals surface area (Å²) in [6.45, 7) is 2.14. The molecular formula is C31H23NO. The Labute approximate surface area is 192 Å². The fourth-order valence-electron chi connectivity index (χ4n) is 5.27. The smallest absolute Gasteiger partial charge is 0.143 e. The molecular weight excluding hydrogens is 402 g/mol. The maximum Gasteiger partial charge on any atom is 0.143 e. The normalized spacial score (nSPS) is 13.5. The Morgan fingerprint density at radius 1 is 0.727 bits per heavy atom. The van der Waals surface area contributed by atoms with Crippen LogP contribution in [0.3, 0.4) is 0 Å². The van der Waals surface area contributed by atoms with Gasteiger partial charge in [-0.1, -0.05) is 72.3 Å². The number of benzene rings is 4. The number of furan rings is 1. The summed E-state index contributed by atoms with van der Waals surface area (Å²) in [4.78, 5) is 3.67. The van der Waals surface area contributed by atoms with Crippen LogP contribution >= 0.6 is 0 Å². The zero-order valence-corrected chi connectivity index (χ0v) is 18.5. The summed E-state index contributed by atoms with van der Waals surface area (Å²) < 4.78 is 6.31. The molecule has 2 heteroatoms. The first-order valence-corrected chi connectivity index (χ1v) is 11.6. The number of aryl methyl sites for hydroxylation is 2. The molecule has 2 aromatic heterocycles. The summed E-state index contributed by atoms with van der Waals surface area (Å²) in [5.41, 5.74) is 12.1. The molecule has 0 saturated heterocycles. The number of aromatic amines is 1. The van der Waals surface area contributed by atoms with E-state index < -0.39 is 0 Å². The third kappa shape index (κ3) is 2.87. The topological polar surface area (TPSA) is 28.9 Å². The Bertz CT molecular complexity index is 1710. The number of hydrogen-bond donors (Lipinski definition) is 1. The summed E-state index contributed by atoms with van der Waals surface area (Å²) in [6.07, 6.45) is 4.49. The van der Waals surface area contributed by atoms with E-state index in [2.05, 4.69) is 90.8 Å². The van der Waals surface area contributed by atoms with Gasteiger partial charge in [0.05, 0.1) is 0 Å². The zero-order chi connectivity index (χ0) is 21.9. The molecule has 0 atom stereocenters. The van der Waals surface area contributed by atoms with Crippen molar-refractivity contribution in [2.75, 3.05) is 0 Å². The van der Waals surface area contributed by atoms with Crippen molar-refractivity contribution in [1.82, 2.24) is 4.98 Å². The highest BCUT2D eigenvalue weighted by Crippen LogP contribution is 2.39. The monoisotopic (exact) mass is 425 g/mol. The Kier molecular flexibility index (Phi) is 3.92. The fourth-order valence-corrected chi connectivity index (χ4v) is 5.27. The summed E-state index contributed by atoms with van der Waals surface area (Å²) in [5.74, 6) is 0. The van der Waals surface area contributed by atoms with Crippen LogP contribution in [-0.4, -0.2) is 4.98 Å². The molecule has 0 unspecified atom stereocenters. The van der Waals surface area contributed by atoms with Gasteiger partial charge in [0.2, 0.25) is 0 Å². The molecule has 0 aliphatic heterocycles. The van der Waals surface area contributed by atoms with Gasteiger partial charge in [0, 0.05) is 38.5 Å². The number of H-pyrrole nitrogens is 1. The number of rotatable bonds is 2. The number of hydrogen-bond acceptors (Lipinski definition) is 1. The fraction of sp³-hybridized carbons (Fsp3) is 0.0968. The first-order chi connectivity index (χ1) is 16.2. The van der Waals surface area contributed by atoms with Crippen LogP contribution in [-0.2, 0) is 6.42 Å². The van der Waals surface area contributed by atoms with Crippen LogP contribution in [0.1, 0.15) is 28.8 Å². The van der Waals surface area contributed by atoms with Crippen molar-refractivity contribution in [2.45, 2.75) is 19.8 Å². The lowest BCUT2D eigenvalue weighted by Gasteiger charge is -2.14. The number of allylic oxidation sites excluding steroid dienone is 1. The standard InChI is InChI=1S/C31H23NO/c1-19-9-11-20(12-10-19)21-13-15-28-26(17-21)27-18-22(14-16-29(27)32-28)23-6-4-7-25-24-5-2-3-8-30(24)33-31(23)25/h2-12,14,16-18,32H,13,15H2,1H3. The van der Waals surface area contributed by atoms with E-state index in [0.29, 0.717) is 0 Å². The number of para-hydroxylation sites is 2. The summed E-state index contributed by atoms with van der Waals surface area (Å²) >= 11 is 0. The van der Waals surface area contributed by atoms with E-state index in [-0.39, 0.29) is 0 Å². The van der Waals surface area contributed by atoms with Gasteiger partial charge in [-0.05, 0) is 60.7 Å². The molecule has 0 spiro atoms. The predicted molar refractivity (Wildman–Crippen MR) is 138 cm³/mol. The third-order valence-corrected chi connectivity index (χ3v) is 7.02. The highest BCUT2D eigenvalue weighted by atomic mass is 16.3. The van der Waals surface area contributed by atoms with E-state index in [4.69, 9.17) is 4.42 Å². The van der Waals surface area contributed by atoms with Gasteiger partial charge in [0.1, 0.15) is 11.2 Å². The van der Waals surface area contributed by atoms with E-state index in [1.54, 1.807) is 0 Å². The highest BCUT2D eigenvalue weighted by molar-refractivity contribution is 6.10. The molecule has 6 aromatic rings. The maximum atomic E-state index is 6.31. The molecule has 0 fully saturated rings. The van der Waals surface area contributed by atoms with Gasteiger partial charge in [-0.25, -0.2) is 0 Å². The van der Waals surface area contributed by atoms with Crippen molar-refractivity contribution >= 4 is 44.5 Å². The Morgan fingerprint density at radius 3 is 2.45 bits per heavy atom. The quantitative estimate of drug-likeness (QED) is 0.296. The number of fused-ring (bicyclic) bond motifs is 6. The first kappa shape index (κ1) is 18.5. The summed E-state index contributed by atoms with van der Waals surface area (Å²) in [6, 6.07) is 30.4. The predicted octanol–water partition coefficient (Wildman–Crippen LogP) is 8.53. The zero-order valence-electron chi connectivity index (χ0n) is 18.5. The largest absolute Gasteiger partial charge is 0.455 e. The molecule has 1 N–H and O–H groups in total. The second kappa shape index (κ2) is 6.98. The van der Waals surface area contributed by atoms with Crippen LogP contribution in [0.25, 0.3) is 55.6 Å². The van der Waals surface area contributed by atoms with Crippen LogP contribution in [0.4, 0.5) is 0 Å². The molecule has 1 aliphatic carbocycles. The van der Waals surface area contributed by atoms with Gasteiger partial charge in [-0.3, -0.25) is 0 Å². The van der Waals surface area contributed by atoms with E-state index in [1.165, 1.54) is 55.2 Å². The Balaban J connectivity index is 1.41. The molecule has 33 heavy (non-hydrogen) atoms. The second-order valence-electron chi connectivity index (χ2n) is 9.09. The van der Waals surface area contributed by atoms with Crippen molar-refractivity contribution in [3.8, 4) is 11.1 Å². The molecule has 7 rings (SSSR count). The van der Waals surface area contributed by atoms with Gasteiger partial charge in [0.15, 0.2) is 0 Å². The molecule has 4 aromatic carbocycles. The minimum Gasteiger partial charge on any atom is -0.455 e. The average molecular weight is 426 g/mol. The van der Waals surface area contributed by atoms with Crippen molar-refractivity contribution in [3.05, 3.63) is 107 Å². The van der Waals surface area contributed by atoms with Crippen molar-refractivity contribution < 1.29 is 4.42 Å². The van der Waals surface area contributed by atoms with E-state index in [1.807, 2.05) is 12.1 Å². The van der Waals surface area contributed by atoms with E-state index in [0.717, 1.165) is 29.6 Å². The van der Waals surface area contributed by atoms with Crippen LogP contribution < -0.4 is 0 Å². The SMILES string of the molecule is Cc1ccc(C2=Cc3c([nH]c4ccc(-c5cccc6c5oc5ccccc56)cc34)CC2)cc1. The summed E-state index contributed by atoms with van der Waals surface area (Å²) in [7, 11) is 0. The average Bonchev–Trinajstić information content (AvgIpc) is 3.42. The van der Waals surface area contributed by atoms with Crippen molar-refractivity contribution in [3.63, 3.8) is 0 Å². The lowest BCUT2D eigenvalue weighted by molar-refractivity contribution is 0.670. The van der Waals surface area contributed by atoms with E-state index in [9.17, 15) is 0 Å². The van der Waals surface area contributed by atoms with Gasteiger partial charge in [-0.2, -0.15) is 0 Å². The highest BCUT2D eigenvalue weighted by Gasteiger charge is 2.18.